The molecule has 15 heteroatoms. The van der Waals surface area contributed by atoms with Gasteiger partial charge in [0.1, 0.15) is 19.3 Å². The molecule has 0 fully saturated rings. The van der Waals surface area contributed by atoms with Gasteiger partial charge >= 0.3 is 24.0 Å². The Morgan fingerprint density at radius 3 is 1.77 bits per heavy atom. The van der Waals surface area contributed by atoms with Gasteiger partial charge in [0.05, 0.1) is 13.0 Å². The standard InChI is InChI=1S/C50H94N5O8S2/c1-5-9-12-15-18-22-28-46(29-23-19-16-13-10-6-2)63-49(58)31-25-21-26-37-55-44-45(52-53-55)33-39-60-48(57)32-38-54(36-27-35-51-34-8-4)50(59)62-41-43-65-64-42-40-61-47(56)30-24-20-17-14-11-7-3/h44,46,51,53H,5-43H2,1-4H3/q-1. The fourth-order valence-electron chi connectivity index (χ4n) is 7.38. The van der Waals surface area contributed by atoms with Gasteiger partial charge in [-0.15, -0.1) is 5.70 Å². The van der Waals surface area contributed by atoms with Crippen LogP contribution >= 0.6 is 21.6 Å². The van der Waals surface area contributed by atoms with Crippen LogP contribution in [0.2, 0.25) is 0 Å². The number of nitrogens with one attached hydrogen (secondary N) is 2. The smallest absolute Gasteiger partial charge is 0.409 e. The Morgan fingerprint density at radius 1 is 0.600 bits per heavy atom. The number of esters is 3. The van der Waals surface area contributed by atoms with E-state index in [2.05, 4.69) is 44.0 Å². The van der Waals surface area contributed by atoms with E-state index >= 15 is 0 Å². The maximum Gasteiger partial charge on any atom is 0.409 e. The van der Waals surface area contributed by atoms with Crippen LogP contribution < -0.4 is 10.9 Å². The monoisotopic (exact) mass is 957 g/mol. The average molecular weight is 957 g/mol. The highest BCUT2D eigenvalue weighted by Crippen LogP contribution is 2.22. The molecule has 2 N–H and O–H groups in total. The molecule has 0 spiro atoms. The lowest BCUT2D eigenvalue weighted by Crippen LogP contribution is -2.36. The van der Waals surface area contributed by atoms with E-state index in [9.17, 15) is 19.2 Å². The minimum Gasteiger partial charge on any atom is -0.606 e. The summed E-state index contributed by atoms with van der Waals surface area (Å²) in [5, 5.41) is 5.28. The first kappa shape index (κ1) is 60.7. The molecule has 0 atom stereocenters. The third kappa shape index (κ3) is 38.3. The number of carbonyl (C=O) groups excluding carboxylic acids is 4. The minimum atomic E-state index is -0.435. The number of rotatable bonds is 47. The molecule has 380 valence electrons. The number of hydrogen-bond donors (Lipinski definition) is 2. The fraction of sp³-hybridized carbons (Fsp3) is 0.880. The molecule has 0 bridgehead atoms. The Hall–Kier alpha value is -2.36. The van der Waals surface area contributed by atoms with Crippen LogP contribution in [0.1, 0.15) is 214 Å². The molecular weight excluding hydrogens is 863 g/mol. The van der Waals surface area contributed by atoms with Crippen molar-refractivity contribution in [2.75, 3.05) is 64.1 Å². The average Bonchev–Trinajstić information content (AvgIpc) is 3.75. The summed E-state index contributed by atoms with van der Waals surface area (Å²) < 4.78 is 22.4. The van der Waals surface area contributed by atoms with Crippen LogP contribution in [0, 0.1) is 0 Å². The predicted octanol–water partition coefficient (Wildman–Crippen LogP) is 12.7. The summed E-state index contributed by atoms with van der Waals surface area (Å²) in [6, 6.07) is 0. The van der Waals surface area contributed by atoms with E-state index in [1.165, 1.54) is 89.9 Å². The Morgan fingerprint density at radius 2 is 1.14 bits per heavy atom. The molecule has 65 heavy (non-hydrogen) atoms. The molecule has 0 unspecified atom stereocenters. The zero-order chi connectivity index (χ0) is 47.3. The summed E-state index contributed by atoms with van der Waals surface area (Å²) in [7, 11) is 3.17. The predicted molar refractivity (Wildman–Crippen MR) is 270 cm³/mol. The number of nitrogens with zero attached hydrogens (tertiary/aromatic N) is 3. The lowest BCUT2D eigenvalue weighted by atomic mass is 10.0. The van der Waals surface area contributed by atoms with Gasteiger partial charge in [0, 0.05) is 44.0 Å². The molecule has 0 aromatic heterocycles. The van der Waals surface area contributed by atoms with Gasteiger partial charge in [-0.05, 0) is 83.5 Å². The maximum absolute atomic E-state index is 13.0. The van der Waals surface area contributed by atoms with Crippen LogP contribution in [0.4, 0.5) is 4.79 Å². The van der Waals surface area contributed by atoms with Gasteiger partial charge in [0.25, 0.3) is 0 Å². The van der Waals surface area contributed by atoms with Crippen molar-refractivity contribution in [3.8, 4) is 0 Å². The largest absolute Gasteiger partial charge is 0.606 e. The van der Waals surface area contributed by atoms with E-state index in [1.807, 2.05) is 11.2 Å². The molecule has 0 saturated carbocycles. The molecule has 0 saturated heterocycles. The van der Waals surface area contributed by atoms with E-state index in [4.69, 9.17) is 18.9 Å². The number of amides is 1. The van der Waals surface area contributed by atoms with Crippen LogP contribution in [-0.4, -0.2) is 104 Å². The minimum absolute atomic E-state index is 0.0566. The van der Waals surface area contributed by atoms with Crippen molar-refractivity contribution in [3.63, 3.8) is 0 Å². The lowest BCUT2D eigenvalue weighted by molar-refractivity contribution is -0.150. The number of hydrazine groups is 1. The SMILES string of the molecule is CCCCCCCCC(=O)OCCSSCCOC(=O)N(CCCNCCC)CCC(=O)OCCC1=CN(CCCCCC(=O)OC(CCCCCCCC)CCCCCCCC)N[N-]1. The van der Waals surface area contributed by atoms with Gasteiger partial charge in [-0.25, -0.2) is 4.79 Å². The van der Waals surface area contributed by atoms with E-state index in [0.29, 0.717) is 43.9 Å². The van der Waals surface area contributed by atoms with Crippen molar-refractivity contribution in [1.29, 1.82) is 0 Å². The Labute approximate surface area is 404 Å². The lowest BCUT2D eigenvalue weighted by Gasteiger charge is -2.23. The first-order valence-corrected chi connectivity index (χ1v) is 28.6. The van der Waals surface area contributed by atoms with Crippen LogP contribution in [0.15, 0.2) is 11.9 Å². The van der Waals surface area contributed by atoms with Crippen LogP contribution in [0.5, 0.6) is 0 Å². The Balaban J connectivity index is 2.30. The topological polar surface area (TPSA) is 150 Å². The molecule has 1 aliphatic rings. The van der Waals surface area contributed by atoms with Crippen molar-refractivity contribution in [2.45, 2.75) is 220 Å². The molecule has 0 aromatic rings. The second kappa shape index (κ2) is 45.4. The second-order valence-electron chi connectivity index (χ2n) is 17.4. The van der Waals surface area contributed by atoms with Crippen molar-refractivity contribution in [1.82, 2.24) is 20.8 Å². The van der Waals surface area contributed by atoms with Gasteiger partial charge in [-0.1, -0.05) is 152 Å². The van der Waals surface area contributed by atoms with Gasteiger partial charge in [-0.3, -0.25) is 14.4 Å². The highest BCUT2D eigenvalue weighted by Gasteiger charge is 2.18. The zero-order valence-electron chi connectivity index (χ0n) is 41.7. The quantitative estimate of drug-likeness (QED) is 0.0258. The summed E-state index contributed by atoms with van der Waals surface area (Å²) in [5.41, 5.74) is 8.20. The third-order valence-electron chi connectivity index (χ3n) is 11.3. The van der Waals surface area contributed by atoms with Crippen molar-refractivity contribution in [3.05, 3.63) is 17.3 Å². The summed E-state index contributed by atoms with van der Waals surface area (Å²) in [6.45, 7) is 12.8. The van der Waals surface area contributed by atoms with Crippen LogP contribution in [-0.2, 0) is 33.3 Å². The number of carbonyl (C=O) groups is 4. The van der Waals surface area contributed by atoms with E-state index < -0.39 is 6.09 Å². The summed E-state index contributed by atoms with van der Waals surface area (Å²) in [5.74, 6) is 0.732. The molecule has 0 radical (unpaired) electrons. The highest BCUT2D eigenvalue weighted by atomic mass is 33.1. The number of unbranched alkanes of at least 4 members (excludes halogenated alkanes) is 17. The van der Waals surface area contributed by atoms with Crippen LogP contribution in [0.3, 0.4) is 0 Å². The number of ether oxygens (including phenoxy) is 4. The number of hydrogen-bond acceptors (Lipinski definition) is 13. The first-order valence-electron chi connectivity index (χ1n) is 26.1. The maximum atomic E-state index is 13.0. The molecule has 1 aliphatic heterocycles. The zero-order valence-corrected chi connectivity index (χ0v) is 43.3. The molecule has 13 nitrogen and oxygen atoms in total. The molecule has 0 aromatic carbocycles. The summed E-state index contributed by atoms with van der Waals surface area (Å²) in [6.07, 6.45) is 31.3. The van der Waals surface area contributed by atoms with Crippen molar-refractivity contribution < 1.29 is 38.1 Å². The third-order valence-corrected chi connectivity index (χ3v) is 13.6. The van der Waals surface area contributed by atoms with Crippen LogP contribution in [0.25, 0.3) is 5.43 Å². The van der Waals surface area contributed by atoms with Gasteiger partial charge in [0.2, 0.25) is 0 Å². The van der Waals surface area contributed by atoms with E-state index in [0.717, 1.165) is 96.0 Å². The fourth-order valence-corrected chi connectivity index (χ4v) is 9.04. The molecule has 0 aliphatic carbocycles. The van der Waals surface area contributed by atoms with Gasteiger partial charge < -0.3 is 45.1 Å². The summed E-state index contributed by atoms with van der Waals surface area (Å²) >= 11 is 0. The van der Waals surface area contributed by atoms with Crippen molar-refractivity contribution in [2.24, 2.45) is 0 Å². The van der Waals surface area contributed by atoms with E-state index in [-0.39, 0.29) is 50.2 Å². The normalized spacial score (nSPS) is 12.3. The molecule has 1 amide bonds. The summed E-state index contributed by atoms with van der Waals surface area (Å²) in [4.78, 5) is 52.0. The second-order valence-corrected chi connectivity index (χ2v) is 20.1. The first-order chi connectivity index (χ1) is 31.8. The Kier molecular flexibility index (Phi) is 42.4. The highest BCUT2D eigenvalue weighted by molar-refractivity contribution is 8.76. The molecule has 1 rings (SSSR count). The van der Waals surface area contributed by atoms with Gasteiger partial charge in [0.15, 0.2) is 0 Å². The molecular formula is C50H94N5O8S2-. The van der Waals surface area contributed by atoms with Crippen molar-refractivity contribution >= 4 is 45.6 Å². The molecule has 1 heterocycles. The van der Waals surface area contributed by atoms with Gasteiger partial charge in [-0.2, -0.15) is 0 Å². The Bertz CT molecular complexity index is 1190. The van der Waals surface area contributed by atoms with E-state index in [1.54, 1.807) is 26.5 Å².